The van der Waals surface area contributed by atoms with Gasteiger partial charge in [0, 0.05) is 11.9 Å². The monoisotopic (exact) mass is 209 g/mol. The second-order valence-electron chi connectivity index (χ2n) is 2.88. The summed E-state index contributed by atoms with van der Waals surface area (Å²) >= 11 is 1.64. The molecule has 74 valence electrons. The molecule has 0 atom stereocenters. The Bertz CT molecular complexity index is 466. The summed E-state index contributed by atoms with van der Waals surface area (Å²) in [7, 11) is 3.41. The molecule has 2 aromatic rings. The number of thiophene rings is 1. The molecule has 1 N–H and O–H groups in total. The van der Waals surface area contributed by atoms with E-state index in [0.717, 1.165) is 10.2 Å². The van der Waals surface area contributed by atoms with Gasteiger partial charge in [0.25, 0.3) is 0 Å². The van der Waals surface area contributed by atoms with Gasteiger partial charge in [0.15, 0.2) is 0 Å². The van der Waals surface area contributed by atoms with E-state index in [1.54, 1.807) is 25.5 Å². The third-order valence-electron chi connectivity index (χ3n) is 1.90. The molecular formula is C9H11N3OS. The Labute approximate surface area is 86.0 Å². The standard InChI is InChI=1S/C9H11N3OS/c1-5-4-6-7(13-3)11-9(10-2)12-8(6)14-5/h4H,1-3H3,(H,10,11,12). The van der Waals surface area contributed by atoms with Crippen LogP contribution in [0.2, 0.25) is 0 Å². The van der Waals surface area contributed by atoms with E-state index in [4.69, 9.17) is 4.74 Å². The Hall–Kier alpha value is -1.36. The van der Waals surface area contributed by atoms with Gasteiger partial charge in [-0.25, -0.2) is 4.98 Å². The second-order valence-corrected chi connectivity index (χ2v) is 4.12. The number of fused-ring (bicyclic) bond motifs is 1. The maximum atomic E-state index is 5.20. The van der Waals surface area contributed by atoms with Crippen LogP contribution in [0.1, 0.15) is 4.88 Å². The zero-order chi connectivity index (χ0) is 10.1. The average molecular weight is 209 g/mol. The van der Waals surface area contributed by atoms with Crippen molar-refractivity contribution in [3.63, 3.8) is 0 Å². The minimum absolute atomic E-state index is 0.594. The van der Waals surface area contributed by atoms with Crippen molar-refractivity contribution in [3.05, 3.63) is 10.9 Å². The maximum Gasteiger partial charge on any atom is 0.227 e. The molecule has 0 aliphatic rings. The third-order valence-corrected chi connectivity index (χ3v) is 2.84. The number of hydrogen-bond donors (Lipinski definition) is 1. The Morgan fingerprint density at radius 2 is 2.21 bits per heavy atom. The van der Waals surface area contributed by atoms with E-state index < -0.39 is 0 Å². The summed E-state index contributed by atoms with van der Waals surface area (Å²) in [6, 6.07) is 2.04. The van der Waals surface area contributed by atoms with Crippen LogP contribution < -0.4 is 10.1 Å². The van der Waals surface area contributed by atoms with Crippen LogP contribution in [-0.4, -0.2) is 24.1 Å². The lowest BCUT2D eigenvalue weighted by Gasteiger charge is -2.02. The van der Waals surface area contributed by atoms with Gasteiger partial charge in [0.2, 0.25) is 11.8 Å². The Kier molecular flexibility index (Phi) is 2.25. The van der Waals surface area contributed by atoms with Crippen LogP contribution in [0, 0.1) is 6.92 Å². The molecule has 2 rings (SSSR count). The molecule has 2 aromatic heterocycles. The summed E-state index contributed by atoms with van der Waals surface area (Å²) in [5.41, 5.74) is 0. The quantitative estimate of drug-likeness (QED) is 0.822. The molecule has 5 heteroatoms. The highest BCUT2D eigenvalue weighted by Gasteiger charge is 2.09. The molecule has 0 spiro atoms. The van der Waals surface area contributed by atoms with Gasteiger partial charge in [0.05, 0.1) is 12.5 Å². The summed E-state index contributed by atoms with van der Waals surface area (Å²) in [5, 5.41) is 3.89. The fourth-order valence-electron chi connectivity index (χ4n) is 1.28. The van der Waals surface area contributed by atoms with Gasteiger partial charge < -0.3 is 10.1 Å². The number of nitrogens with zero attached hydrogens (tertiary/aromatic N) is 2. The Morgan fingerprint density at radius 1 is 1.43 bits per heavy atom. The lowest BCUT2D eigenvalue weighted by atomic mass is 10.3. The van der Waals surface area contributed by atoms with E-state index in [1.165, 1.54) is 4.88 Å². The van der Waals surface area contributed by atoms with Crippen molar-refractivity contribution in [2.75, 3.05) is 19.5 Å². The number of hydrogen-bond acceptors (Lipinski definition) is 5. The van der Waals surface area contributed by atoms with Gasteiger partial charge in [-0.2, -0.15) is 4.98 Å². The van der Waals surface area contributed by atoms with Crippen molar-refractivity contribution in [1.82, 2.24) is 9.97 Å². The van der Waals surface area contributed by atoms with E-state index in [2.05, 4.69) is 15.3 Å². The smallest absolute Gasteiger partial charge is 0.227 e. The molecule has 2 heterocycles. The second kappa shape index (κ2) is 3.42. The van der Waals surface area contributed by atoms with Crippen LogP contribution in [0.4, 0.5) is 5.95 Å². The normalized spacial score (nSPS) is 10.5. The Morgan fingerprint density at radius 3 is 2.86 bits per heavy atom. The van der Waals surface area contributed by atoms with Gasteiger partial charge in [-0.3, -0.25) is 0 Å². The van der Waals surface area contributed by atoms with Crippen LogP contribution in [-0.2, 0) is 0 Å². The first-order chi connectivity index (χ1) is 6.74. The number of methoxy groups -OCH3 is 1. The number of nitrogens with one attached hydrogen (secondary N) is 1. The summed E-state index contributed by atoms with van der Waals surface area (Å²) in [4.78, 5) is 10.7. The minimum Gasteiger partial charge on any atom is -0.480 e. The molecule has 0 aliphatic carbocycles. The predicted octanol–water partition coefficient (Wildman–Crippen LogP) is 2.05. The number of ether oxygens (including phenoxy) is 1. The molecule has 0 saturated heterocycles. The maximum absolute atomic E-state index is 5.20. The summed E-state index contributed by atoms with van der Waals surface area (Å²) in [6.45, 7) is 2.05. The van der Waals surface area contributed by atoms with E-state index in [-0.39, 0.29) is 0 Å². The first kappa shape index (κ1) is 9.21. The van der Waals surface area contributed by atoms with E-state index >= 15 is 0 Å². The molecule has 0 fully saturated rings. The van der Waals surface area contributed by atoms with Crippen molar-refractivity contribution in [1.29, 1.82) is 0 Å². The fraction of sp³-hybridized carbons (Fsp3) is 0.333. The van der Waals surface area contributed by atoms with Gasteiger partial charge in [0.1, 0.15) is 4.83 Å². The van der Waals surface area contributed by atoms with Gasteiger partial charge in [-0.05, 0) is 13.0 Å². The molecule has 0 saturated carbocycles. The zero-order valence-corrected chi connectivity index (χ0v) is 9.10. The molecule has 14 heavy (non-hydrogen) atoms. The molecular weight excluding hydrogens is 198 g/mol. The third kappa shape index (κ3) is 1.39. The summed E-state index contributed by atoms with van der Waals surface area (Å²) < 4.78 is 5.20. The SMILES string of the molecule is CNc1nc(OC)c2cc(C)sc2n1. The topological polar surface area (TPSA) is 47.0 Å². The highest BCUT2D eigenvalue weighted by atomic mass is 32.1. The van der Waals surface area contributed by atoms with Crippen LogP contribution in [0.25, 0.3) is 10.2 Å². The number of aryl methyl sites for hydroxylation is 1. The number of aromatic nitrogens is 2. The fourth-order valence-corrected chi connectivity index (χ4v) is 2.15. The van der Waals surface area contributed by atoms with Crippen molar-refractivity contribution in [2.24, 2.45) is 0 Å². The highest BCUT2D eigenvalue weighted by Crippen LogP contribution is 2.30. The molecule has 0 amide bonds. The van der Waals surface area contributed by atoms with Crippen LogP contribution >= 0.6 is 11.3 Å². The first-order valence-corrected chi connectivity index (χ1v) is 5.06. The van der Waals surface area contributed by atoms with E-state index in [0.29, 0.717) is 11.8 Å². The predicted molar refractivity (Wildman–Crippen MR) is 58.3 cm³/mol. The average Bonchev–Trinajstić information content (AvgIpc) is 2.56. The lowest BCUT2D eigenvalue weighted by molar-refractivity contribution is 0.403. The van der Waals surface area contributed by atoms with Crippen molar-refractivity contribution in [3.8, 4) is 5.88 Å². The van der Waals surface area contributed by atoms with Crippen LogP contribution in [0.15, 0.2) is 6.07 Å². The van der Waals surface area contributed by atoms with Crippen molar-refractivity contribution < 1.29 is 4.74 Å². The highest BCUT2D eigenvalue weighted by molar-refractivity contribution is 7.18. The molecule has 0 bridgehead atoms. The van der Waals surface area contributed by atoms with Gasteiger partial charge in [-0.1, -0.05) is 0 Å². The Balaban J connectivity index is 2.72. The first-order valence-electron chi connectivity index (χ1n) is 4.24. The van der Waals surface area contributed by atoms with Gasteiger partial charge in [-0.15, -0.1) is 11.3 Å². The molecule has 4 nitrogen and oxygen atoms in total. The van der Waals surface area contributed by atoms with E-state index in [9.17, 15) is 0 Å². The van der Waals surface area contributed by atoms with E-state index in [1.807, 2.05) is 13.0 Å². The largest absolute Gasteiger partial charge is 0.480 e. The summed E-state index contributed by atoms with van der Waals surface area (Å²) in [6.07, 6.45) is 0. The number of rotatable bonds is 2. The molecule has 0 aromatic carbocycles. The number of anilines is 1. The molecule has 0 radical (unpaired) electrons. The minimum atomic E-state index is 0.594. The van der Waals surface area contributed by atoms with Crippen LogP contribution in [0.3, 0.4) is 0 Å². The lowest BCUT2D eigenvalue weighted by Crippen LogP contribution is -1.98. The zero-order valence-electron chi connectivity index (χ0n) is 8.29. The van der Waals surface area contributed by atoms with Crippen molar-refractivity contribution >= 4 is 27.5 Å². The summed E-state index contributed by atoms with van der Waals surface area (Å²) in [5.74, 6) is 1.22. The molecule has 0 aliphatic heterocycles. The molecule has 0 unspecified atom stereocenters. The van der Waals surface area contributed by atoms with Gasteiger partial charge >= 0.3 is 0 Å². The van der Waals surface area contributed by atoms with Crippen LogP contribution in [0.5, 0.6) is 5.88 Å². The van der Waals surface area contributed by atoms with Crippen molar-refractivity contribution in [2.45, 2.75) is 6.92 Å².